The van der Waals surface area contributed by atoms with Crippen LogP contribution in [0.25, 0.3) is 0 Å². The summed E-state index contributed by atoms with van der Waals surface area (Å²) < 4.78 is 64.6. The minimum atomic E-state index is -4.67. The van der Waals surface area contributed by atoms with Gasteiger partial charge in [-0.25, -0.2) is 8.78 Å². The predicted octanol–water partition coefficient (Wildman–Crippen LogP) is 4.98. The van der Waals surface area contributed by atoms with Crippen LogP contribution in [-0.2, 0) is 6.18 Å². The van der Waals surface area contributed by atoms with Gasteiger partial charge in [-0.3, -0.25) is 4.79 Å². The monoisotopic (exact) mass is 364 g/mol. The topological polar surface area (TPSA) is 17.1 Å². The lowest BCUT2D eigenvalue weighted by atomic mass is 10.0. The number of benzene rings is 2. The summed E-state index contributed by atoms with van der Waals surface area (Å²) in [5.74, 6) is -3.65. The Labute approximate surface area is 124 Å². The molecule has 0 aliphatic rings. The largest absolute Gasteiger partial charge is 0.417 e. The Hall–Kier alpha value is -1.76. The van der Waals surface area contributed by atoms with Crippen molar-refractivity contribution in [3.05, 3.63) is 69.2 Å². The first-order valence-electron chi connectivity index (χ1n) is 5.57. The van der Waals surface area contributed by atoms with Crippen molar-refractivity contribution in [3.8, 4) is 0 Å². The fraction of sp³-hybridized carbons (Fsp3) is 0.0714. The smallest absolute Gasteiger partial charge is 0.288 e. The highest BCUT2D eigenvalue weighted by molar-refractivity contribution is 9.10. The SMILES string of the molecule is O=C(c1ccc(Br)c(C(F)(F)F)c1)c1cccc(F)c1F. The summed E-state index contributed by atoms with van der Waals surface area (Å²) in [7, 11) is 0. The van der Waals surface area contributed by atoms with Crippen LogP contribution in [0.3, 0.4) is 0 Å². The number of alkyl halides is 3. The highest BCUT2D eigenvalue weighted by atomic mass is 79.9. The Bertz CT molecular complexity index is 709. The van der Waals surface area contributed by atoms with E-state index in [4.69, 9.17) is 0 Å². The zero-order chi connectivity index (χ0) is 15.8. The van der Waals surface area contributed by atoms with E-state index in [1.54, 1.807) is 0 Å². The van der Waals surface area contributed by atoms with Gasteiger partial charge in [0.05, 0.1) is 11.1 Å². The van der Waals surface area contributed by atoms with E-state index < -0.39 is 34.7 Å². The van der Waals surface area contributed by atoms with Crippen LogP contribution >= 0.6 is 15.9 Å². The van der Waals surface area contributed by atoms with Gasteiger partial charge in [-0.15, -0.1) is 0 Å². The van der Waals surface area contributed by atoms with Crippen molar-refractivity contribution in [2.24, 2.45) is 0 Å². The fourth-order valence-corrected chi connectivity index (χ4v) is 2.19. The maximum absolute atomic E-state index is 13.5. The third-order valence-corrected chi connectivity index (χ3v) is 3.42. The van der Waals surface area contributed by atoms with E-state index >= 15 is 0 Å². The Kier molecular flexibility index (Phi) is 4.13. The molecule has 0 unspecified atom stereocenters. The summed E-state index contributed by atoms with van der Waals surface area (Å²) in [5.41, 5.74) is -2.06. The second-order valence-corrected chi connectivity index (χ2v) is 4.98. The maximum Gasteiger partial charge on any atom is 0.417 e. The molecule has 2 rings (SSSR count). The van der Waals surface area contributed by atoms with Gasteiger partial charge in [-0.1, -0.05) is 22.0 Å². The number of carbonyl (C=O) groups is 1. The molecule has 0 saturated heterocycles. The van der Waals surface area contributed by atoms with Crippen LogP contribution in [0.15, 0.2) is 40.9 Å². The molecule has 2 aromatic carbocycles. The van der Waals surface area contributed by atoms with Crippen molar-refractivity contribution in [1.82, 2.24) is 0 Å². The number of hydrogen-bond donors (Lipinski definition) is 0. The molecule has 1 nitrogen and oxygen atoms in total. The van der Waals surface area contributed by atoms with Crippen molar-refractivity contribution >= 4 is 21.7 Å². The number of carbonyl (C=O) groups excluding carboxylic acids is 1. The van der Waals surface area contributed by atoms with Crippen molar-refractivity contribution in [3.63, 3.8) is 0 Å². The van der Waals surface area contributed by atoms with Crippen molar-refractivity contribution in [2.45, 2.75) is 6.18 Å². The standard InChI is InChI=1S/C14H6BrF5O/c15-10-5-4-7(6-9(10)14(18,19)20)13(21)8-2-1-3-11(16)12(8)17/h1-6H. The van der Waals surface area contributed by atoms with Gasteiger partial charge in [0.25, 0.3) is 0 Å². The van der Waals surface area contributed by atoms with Crippen molar-refractivity contribution < 1.29 is 26.7 Å². The normalized spacial score (nSPS) is 11.5. The van der Waals surface area contributed by atoms with Crippen LogP contribution in [0.4, 0.5) is 22.0 Å². The highest BCUT2D eigenvalue weighted by Gasteiger charge is 2.33. The molecule has 0 saturated carbocycles. The minimum Gasteiger partial charge on any atom is -0.288 e. The average Bonchev–Trinajstić information content (AvgIpc) is 2.40. The van der Waals surface area contributed by atoms with Crippen molar-refractivity contribution in [1.29, 1.82) is 0 Å². The molecule has 0 spiro atoms. The second kappa shape index (κ2) is 5.55. The van der Waals surface area contributed by atoms with E-state index in [0.717, 1.165) is 30.3 Å². The van der Waals surface area contributed by atoms with Crippen LogP contribution in [0.2, 0.25) is 0 Å². The Morgan fingerprint density at radius 3 is 2.33 bits per heavy atom. The maximum atomic E-state index is 13.5. The van der Waals surface area contributed by atoms with Gasteiger partial charge in [0.1, 0.15) is 0 Å². The first-order valence-corrected chi connectivity index (χ1v) is 6.36. The molecule has 21 heavy (non-hydrogen) atoms. The summed E-state index contributed by atoms with van der Waals surface area (Å²) in [6.45, 7) is 0. The van der Waals surface area contributed by atoms with Crippen LogP contribution in [0, 0.1) is 11.6 Å². The van der Waals surface area contributed by atoms with E-state index in [2.05, 4.69) is 15.9 Å². The third-order valence-electron chi connectivity index (χ3n) is 2.73. The number of rotatable bonds is 2. The molecule has 0 radical (unpaired) electrons. The Balaban J connectivity index is 2.52. The molecule has 0 bridgehead atoms. The van der Waals surface area contributed by atoms with Gasteiger partial charge in [0.15, 0.2) is 17.4 Å². The summed E-state index contributed by atoms with van der Waals surface area (Å²) in [5, 5.41) is 0. The predicted molar refractivity (Wildman–Crippen MR) is 68.9 cm³/mol. The van der Waals surface area contributed by atoms with Gasteiger partial charge in [0.2, 0.25) is 0 Å². The third kappa shape index (κ3) is 3.12. The molecular weight excluding hydrogens is 359 g/mol. The first-order chi connectivity index (χ1) is 9.71. The van der Waals surface area contributed by atoms with E-state index in [1.165, 1.54) is 0 Å². The Morgan fingerprint density at radius 2 is 1.71 bits per heavy atom. The molecule has 0 heterocycles. The first kappa shape index (κ1) is 15.6. The molecule has 0 atom stereocenters. The molecular formula is C14H6BrF5O. The zero-order valence-corrected chi connectivity index (χ0v) is 11.7. The molecule has 2 aromatic rings. The Morgan fingerprint density at radius 1 is 1.05 bits per heavy atom. The molecule has 110 valence electrons. The molecule has 0 aliphatic heterocycles. The summed E-state index contributed by atoms with van der Waals surface area (Å²) >= 11 is 2.73. The van der Waals surface area contributed by atoms with E-state index in [9.17, 15) is 26.7 Å². The molecule has 0 N–H and O–H groups in total. The molecule has 7 heteroatoms. The van der Waals surface area contributed by atoms with Gasteiger partial charge < -0.3 is 0 Å². The fourth-order valence-electron chi connectivity index (χ4n) is 1.72. The lowest BCUT2D eigenvalue weighted by Gasteiger charge is -2.11. The van der Waals surface area contributed by atoms with Crippen LogP contribution in [-0.4, -0.2) is 5.78 Å². The van der Waals surface area contributed by atoms with E-state index in [0.29, 0.717) is 6.07 Å². The van der Waals surface area contributed by atoms with Gasteiger partial charge in [-0.2, -0.15) is 13.2 Å². The molecule has 0 fully saturated rings. The average molecular weight is 365 g/mol. The number of ketones is 1. The quantitative estimate of drug-likeness (QED) is 0.542. The summed E-state index contributed by atoms with van der Waals surface area (Å²) in [4.78, 5) is 12.0. The lowest BCUT2D eigenvalue weighted by molar-refractivity contribution is -0.138. The molecule has 0 aliphatic carbocycles. The highest BCUT2D eigenvalue weighted by Crippen LogP contribution is 2.35. The number of halogens is 6. The van der Waals surface area contributed by atoms with E-state index in [-0.39, 0.29) is 10.0 Å². The van der Waals surface area contributed by atoms with Gasteiger partial charge >= 0.3 is 6.18 Å². The van der Waals surface area contributed by atoms with Crippen LogP contribution in [0.1, 0.15) is 21.5 Å². The zero-order valence-electron chi connectivity index (χ0n) is 10.1. The molecule has 0 aromatic heterocycles. The van der Waals surface area contributed by atoms with Gasteiger partial charge in [0, 0.05) is 10.0 Å². The lowest BCUT2D eigenvalue weighted by Crippen LogP contribution is -2.10. The second-order valence-electron chi connectivity index (χ2n) is 4.12. The van der Waals surface area contributed by atoms with Crippen LogP contribution in [0.5, 0.6) is 0 Å². The molecule has 0 amide bonds. The summed E-state index contributed by atoms with van der Waals surface area (Å²) in [6.07, 6.45) is -4.67. The van der Waals surface area contributed by atoms with E-state index in [1.807, 2.05) is 0 Å². The summed E-state index contributed by atoms with van der Waals surface area (Å²) in [6, 6.07) is 5.66. The van der Waals surface area contributed by atoms with Gasteiger partial charge in [-0.05, 0) is 30.3 Å². The minimum absolute atomic E-state index is 0.244. The number of hydrogen-bond acceptors (Lipinski definition) is 1. The van der Waals surface area contributed by atoms with Crippen LogP contribution < -0.4 is 0 Å². The van der Waals surface area contributed by atoms with Crippen molar-refractivity contribution in [2.75, 3.05) is 0 Å².